The standard InChI is InChI=1S/C19H14NO/c21-20-10-8-14(9-11-20)18-7-3-6-17-12-15-4-1-2-5-16(15)13-19(17)18/h1-13,21H/q+1. The van der Waals surface area contributed by atoms with Gasteiger partial charge < -0.3 is 0 Å². The summed E-state index contributed by atoms with van der Waals surface area (Å²) in [6.45, 7) is 0. The zero-order chi connectivity index (χ0) is 14.2. The maximum atomic E-state index is 9.37. The number of nitrogens with zero attached hydrogens (tertiary/aromatic N) is 1. The zero-order valence-electron chi connectivity index (χ0n) is 11.4. The van der Waals surface area contributed by atoms with E-state index in [1.807, 2.05) is 12.1 Å². The Balaban J connectivity index is 2.04. The van der Waals surface area contributed by atoms with E-state index in [0.717, 1.165) is 10.3 Å². The predicted octanol–water partition coefficient (Wildman–Crippen LogP) is 4.18. The number of rotatable bonds is 1. The highest BCUT2D eigenvalue weighted by Gasteiger charge is 2.07. The van der Waals surface area contributed by atoms with E-state index in [0.29, 0.717) is 0 Å². The third-order valence-corrected chi connectivity index (χ3v) is 3.87. The van der Waals surface area contributed by atoms with Gasteiger partial charge in [0.25, 0.3) is 0 Å². The lowest BCUT2D eigenvalue weighted by Crippen LogP contribution is -2.27. The molecule has 0 saturated carbocycles. The number of hydrogen-bond donors (Lipinski definition) is 1. The molecule has 1 aromatic heterocycles. The van der Waals surface area contributed by atoms with Gasteiger partial charge >= 0.3 is 0 Å². The summed E-state index contributed by atoms with van der Waals surface area (Å²) in [7, 11) is 0. The molecule has 0 aliphatic heterocycles. The number of pyridine rings is 1. The minimum atomic E-state index is 1.06. The first-order valence-corrected chi connectivity index (χ1v) is 6.94. The van der Waals surface area contributed by atoms with Crippen LogP contribution in [-0.2, 0) is 0 Å². The summed E-state index contributed by atoms with van der Waals surface area (Å²) in [5.41, 5.74) is 2.28. The highest BCUT2D eigenvalue weighted by molar-refractivity contribution is 6.04. The van der Waals surface area contributed by atoms with Crippen LogP contribution in [0.5, 0.6) is 0 Å². The first kappa shape index (κ1) is 11.9. The van der Waals surface area contributed by atoms with E-state index in [1.165, 1.54) is 27.1 Å². The molecule has 4 aromatic rings. The SMILES string of the molecule is O[n+]1ccc(-c2cccc3cc4ccccc4cc23)cc1. The minimum Gasteiger partial charge on any atom is -0.285 e. The van der Waals surface area contributed by atoms with Crippen LogP contribution >= 0.6 is 0 Å². The molecule has 4 rings (SSSR count). The van der Waals surface area contributed by atoms with E-state index in [4.69, 9.17) is 0 Å². The van der Waals surface area contributed by atoms with E-state index in [2.05, 4.69) is 54.6 Å². The largest absolute Gasteiger partial charge is 0.285 e. The van der Waals surface area contributed by atoms with Gasteiger partial charge in [-0.05, 0) is 44.8 Å². The minimum absolute atomic E-state index is 1.06. The number of benzene rings is 3. The predicted molar refractivity (Wildman–Crippen MR) is 84.3 cm³/mol. The van der Waals surface area contributed by atoms with Crippen LogP contribution in [0.25, 0.3) is 32.7 Å². The van der Waals surface area contributed by atoms with Crippen molar-refractivity contribution in [2.45, 2.75) is 0 Å². The molecule has 1 heterocycles. The third-order valence-electron chi connectivity index (χ3n) is 3.87. The molecule has 2 nitrogen and oxygen atoms in total. The molecular formula is C19H14NO+. The molecule has 0 aliphatic carbocycles. The zero-order valence-corrected chi connectivity index (χ0v) is 11.4. The van der Waals surface area contributed by atoms with Gasteiger partial charge in [-0.1, -0.05) is 42.5 Å². The van der Waals surface area contributed by atoms with Crippen molar-refractivity contribution in [2.75, 3.05) is 0 Å². The summed E-state index contributed by atoms with van der Waals surface area (Å²) in [5.74, 6) is 0. The van der Waals surface area contributed by atoms with Gasteiger partial charge in [0.2, 0.25) is 12.4 Å². The Kier molecular flexibility index (Phi) is 2.61. The fourth-order valence-electron chi connectivity index (χ4n) is 2.82. The summed E-state index contributed by atoms with van der Waals surface area (Å²) in [6, 6.07) is 23.0. The fraction of sp³-hybridized carbons (Fsp3) is 0. The van der Waals surface area contributed by atoms with Gasteiger partial charge in [0.1, 0.15) is 0 Å². The van der Waals surface area contributed by atoms with Crippen LogP contribution < -0.4 is 4.73 Å². The van der Waals surface area contributed by atoms with Crippen molar-refractivity contribution in [3.8, 4) is 11.1 Å². The number of hydrogen-bond acceptors (Lipinski definition) is 1. The van der Waals surface area contributed by atoms with Gasteiger partial charge in [-0.2, -0.15) is 0 Å². The normalized spacial score (nSPS) is 11.0. The van der Waals surface area contributed by atoms with Crippen LogP contribution in [0.15, 0.2) is 79.1 Å². The molecule has 3 aromatic carbocycles. The number of fused-ring (bicyclic) bond motifs is 2. The Bertz CT molecular complexity index is 942. The Morgan fingerprint density at radius 3 is 2.10 bits per heavy atom. The van der Waals surface area contributed by atoms with E-state index < -0.39 is 0 Å². The van der Waals surface area contributed by atoms with Crippen molar-refractivity contribution in [2.24, 2.45) is 0 Å². The average molecular weight is 272 g/mol. The molecule has 1 N–H and O–H groups in total. The molecule has 0 bridgehead atoms. The second-order valence-corrected chi connectivity index (χ2v) is 5.19. The Morgan fingerprint density at radius 2 is 1.33 bits per heavy atom. The van der Waals surface area contributed by atoms with E-state index >= 15 is 0 Å². The van der Waals surface area contributed by atoms with Crippen LogP contribution in [0.2, 0.25) is 0 Å². The summed E-state index contributed by atoms with van der Waals surface area (Å²) in [6.07, 6.45) is 3.30. The highest BCUT2D eigenvalue weighted by Crippen LogP contribution is 2.31. The summed E-state index contributed by atoms with van der Waals surface area (Å²) < 4.78 is 1.06. The lowest BCUT2D eigenvalue weighted by atomic mass is 9.96. The Hall–Kier alpha value is -2.87. The summed E-state index contributed by atoms with van der Waals surface area (Å²) >= 11 is 0. The van der Waals surface area contributed by atoms with Crippen LogP contribution in [0.4, 0.5) is 0 Å². The number of aromatic nitrogens is 1. The van der Waals surface area contributed by atoms with E-state index in [1.54, 1.807) is 12.4 Å². The van der Waals surface area contributed by atoms with Gasteiger partial charge in [-0.3, -0.25) is 5.21 Å². The molecular weight excluding hydrogens is 258 g/mol. The summed E-state index contributed by atoms with van der Waals surface area (Å²) in [4.78, 5) is 0. The monoisotopic (exact) mass is 272 g/mol. The lowest BCUT2D eigenvalue weighted by Gasteiger charge is -2.08. The second-order valence-electron chi connectivity index (χ2n) is 5.19. The molecule has 0 spiro atoms. The molecule has 21 heavy (non-hydrogen) atoms. The molecule has 0 atom stereocenters. The Morgan fingerprint density at radius 1 is 0.667 bits per heavy atom. The van der Waals surface area contributed by atoms with Crippen molar-refractivity contribution in [3.63, 3.8) is 0 Å². The smallest absolute Gasteiger partial charge is 0.222 e. The molecule has 0 aliphatic rings. The third kappa shape index (κ3) is 2.01. The van der Waals surface area contributed by atoms with Crippen molar-refractivity contribution >= 4 is 21.5 Å². The molecule has 0 fully saturated rings. The molecule has 100 valence electrons. The highest BCUT2D eigenvalue weighted by atomic mass is 16.5. The van der Waals surface area contributed by atoms with Gasteiger partial charge in [0.05, 0.1) is 0 Å². The lowest BCUT2D eigenvalue weighted by molar-refractivity contribution is -0.904. The fourth-order valence-corrected chi connectivity index (χ4v) is 2.82. The average Bonchev–Trinajstić information content (AvgIpc) is 2.53. The quantitative estimate of drug-likeness (QED) is 0.313. The molecule has 0 unspecified atom stereocenters. The van der Waals surface area contributed by atoms with Crippen LogP contribution in [0.3, 0.4) is 0 Å². The van der Waals surface area contributed by atoms with Crippen LogP contribution in [-0.4, -0.2) is 5.21 Å². The topological polar surface area (TPSA) is 24.1 Å². The maximum Gasteiger partial charge on any atom is 0.222 e. The van der Waals surface area contributed by atoms with Crippen LogP contribution in [0.1, 0.15) is 0 Å². The van der Waals surface area contributed by atoms with Gasteiger partial charge in [0.15, 0.2) is 0 Å². The van der Waals surface area contributed by atoms with Gasteiger partial charge in [0, 0.05) is 16.9 Å². The van der Waals surface area contributed by atoms with Crippen molar-refractivity contribution in [3.05, 3.63) is 79.1 Å². The first-order chi connectivity index (χ1) is 10.3. The van der Waals surface area contributed by atoms with Crippen molar-refractivity contribution in [1.82, 2.24) is 0 Å². The van der Waals surface area contributed by atoms with E-state index in [9.17, 15) is 5.21 Å². The van der Waals surface area contributed by atoms with Gasteiger partial charge in [-0.25, -0.2) is 0 Å². The molecule has 0 radical (unpaired) electrons. The first-order valence-electron chi connectivity index (χ1n) is 6.94. The van der Waals surface area contributed by atoms with Crippen LogP contribution in [0, 0.1) is 0 Å². The molecule has 0 saturated heterocycles. The maximum absolute atomic E-state index is 9.37. The molecule has 0 amide bonds. The van der Waals surface area contributed by atoms with Gasteiger partial charge in [-0.15, -0.1) is 0 Å². The second kappa shape index (κ2) is 4.60. The Labute approximate surface area is 122 Å². The van der Waals surface area contributed by atoms with Crippen molar-refractivity contribution < 1.29 is 9.94 Å². The summed E-state index contributed by atoms with van der Waals surface area (Å²) in [5, 5.41) is 14.3. The van der Waals surface area contributed by atoms with Crippen molar-refractivity contribution in [1.29, 1.82) is 0 Å². The van der Waals surface area contributed by atoms with E-state index in [-0.39, 0.29) is 0 Å². The molecule has 2 heteroatoms.